The van der Waals surface area contributed by atoms with Gasteiger partial charge in [-0.15, -0.1) is 23.8 Å². The monoisotopic (exact) mass is 1170 g/mol. The smallest absolute Gasteiger partial charge is 0.148 e. The number of hydrogen-bond donors (Lipinski definition) is 1. The molecule has 0 saturated heterocycles. The normalized spacial score (nSPS) is 11.6. The van der Waals surface area contributed by atoms with Crippen molar-refractivity contribution in [2.75, 3.05) is 0 Å². The average Bonchev–Trinajstić information content (AvgIpc) is 3.92. The summed E-state index contributed by atoms with van der Waals surface area (Å²) in [5.41, 5.74) is 19.3. The molecule has 0 aliphatic carbocycles. The Labute approximate surface area is 466 Å². The first-order valence-electron chi connectivity index (χ1n) is 26.0. The summed E-state index contributed by atoms with van der Waals surface area (Å²) < 4.78 is 2.23. The van der Waals surface area contributed by atoms with E-state index in [-0.39, 0.29) is 37.6 Å². The topological polar surface area (TPSA) is 50.9 Å². The van der Waals surface area contributed by atoms with Gasteiger partial charge in [0.25, 0.3) is 0 Å². The number of pyridine rings is 1. The van der Waals surface area contributed by atoms with Crippen LogP contribution in [0.4, 0.5) is 0 Å². The van der Waals surface area contributed by atoms with E-state index in [0.717, 1.165) is 83.6 Å². The van der Waals surface area contributed by atoms with Gasteiger partial charge in [0, 0.05) is 49.5 Å². The minimum absolute atomic E-state index is 0. The largest absolute Gasteiger partial charge is 0.507 e. The number of phenolic OH excluding ortho intramolecular Hbond substituents is 1. The number of para-hydroxylation sites is 2. The summed E-state index contributed by atoms with van der Waals surface area (Å²) in [6.45, 7) is 9.06. The summed E-state index contributed by atoms with van der Waals surface area (Å²) in [5, 5.41) is 12.4. The molecule has 0 bridgehead atoms. The molecule has 0 aliphatic heterocycles. The van der Waals surface area contributed by atoms with Gasteiger partial charge in [-0.05, 0) is 92.7 Å². The van der Waals surface area contributed by atoms with Crippen molar-refractivity contribution in [3.8, 4) is 89.7 Å². The van der Waals surface area contributed by atoms with Gasteiger partial charge in [0.2, 0.25) is 0 Å². The molecule has 2 aromatic heterocycles. The third-order valence-corrected chi connectivity index (χ3v) is 15.0. The molecule has 4 nitrogen and oxygen atoms in total. The molecule has 0 radical (unpaired) electrons. The quantitative estimate of drug-likeness (QED) is 0.104. The zero-order valence-electron chi connectivity index (χ0n) is 43.4. The number of imidazole rings is 1. The summed E-state index contributed by atoms with van der Waals surface area (Å²) in [5.74, 6) is 0.799. The van der Waals surface area contributed by atoms with Crippen molar-refractivity contribution in [1.29, 1.82) is 0 Å². The maximum atomic E-state index is 12.4. The number of rotatable bonds is 11. The molecule has 5 heteroatoms. The van der Waals surface area contributed by atoms with Crippen molar-refractivity contribution in [2.45, 2.75) is 38.5 Å². The van der Waals surface area contributed by atoms with Crippen molar-refractivity contribution in [1.82, 2.24) is 14.5 Å². The Kier molecular flexibility index (Phi) is 13.9. The summed E-state index contributed by atoms with van der Waals surface area (Å²) in [4.78, 5) is 10.7. The van der Waals surface area contributed by atoms with Crippen LogP contribution >= 0.6 is 0 Å². The summed E-state index contributed by atoms with van der Waals surface area (Å²) in [6, 6.07) is 93.3. The molecule has 0 saturated carbocycles. The predicted octanol–water partition coefficient (Wildman–Crippen LogP) is 18.2. The van der Waals surface area contributed by atoms with E-state index in [1.165, 1.54) is 22.3 Å². The van der Waals surface area contributed by atoms with E-state index in [1.54, 1.807) is 0 Å². The number of fused-ring (bicyclic) bond motifs is 1. The molecule has 0 spiro atoms. The minimum atomic E-state index is -0.346. The zero-order valence-corrected chi connectivity index (χ0v) is 45.7. The fraction of sp³-hybridized carbons (Fsp3) is 0.0833. The van der Waals surface area contributed by atoms with E-state index in [9.17, 15) is 5.11 Å². The molecule has 12 rings (SSSR count). The zero-order chi connectivity index (χ0) is 51.8. The van der Waals surface area contributed by atoms with Crippen molar-refractivity contribution in [3.63, 3.8) is 0 Å². The predicted molar refractivity (Wildman–Crippen MR) is 315 cm³/mol. The van der Waals surface area contributed by atoms with Crippen molar-refractivity contribution >= 4 is 11.0 Å². The molecular weight excluding hydrogens is 1120 g/mol. The van der Waals surface area contributed by atoms with E-state index in [0.29, 0.717) is 11.4 Å². The van der Waals surface area contributed by atoms with Crippen LogP contribution in [0.2, 0.25) is 0 Å². The van der Waals surface area contributed by atoms with Crippen molar-refractivity contribution in [2.24, 2.45) is 0 Å². The summed E-state index contributed by atoms with van der Waals surface area (Å²) in [7, 11) is 0. The van der Waals surface area contributed by atoms with Crippen LogP contribution in [0.5, 0.6) is 5.75 Å². The molecule has 12 aromatic rings. The van der Waals surface area contributed by atoms with Crippen LogP contribution in [0.25, 0.3) is 95.0 Å². The Bertz CT molecular complexity index is 3980. The molecule has 77 heavy (non-hydrogen) atoms. The second kappa shape index (κ2) is 21.1. The number of phenols is 1. The van der Waals surface area contributed by atoms with Gasteiger partial charge in [0.1, 0.15) is 11.6 Å². The first-order chi connectivity index (χ1) is 37.1. The van der Waals surface area contributed by atoms with Crippen LogP contribution in [0.1, 0.15) is 49.9 Å². The van der Waals surface area contributed by atoms with Gasteiger partial charge in [-0.3, -0.25) is 9.55 Å². The average molecular weight is 1170 g/mol. The van der Waals surface area contributed by atoms with Crippen LogP contribution in [-0.4, -0.2) is 19.6 Å². The van der Waals surface area contributed by atoms with Crippen LogP contribution < -0.4 is 0 Å². The van der Waals surface area contributed by atoms with Crippen LogP contribution in [0.3, 0.4) is 0 Å². The van der Waals surface area contributed by atoms with Crippen LogP contribution in [0.15, 0.2) is 261 Å². The third-order valence-electron chi connectivity index (χ3n) is 15.0. The molecule has 0 fully saturated rings. The van der Waals surface area contributed by atoms with Gasteiger partial charge in [-0.2, -0.15) is 0 Å². The van der Waals surface area contributed by atoms with Gasteiger partial charge >= 0.3 is 0 Å². The molecule has 0 amide bonds. The number of benzene rings is 10. The standard InChI is InChI=1S/C72H56N3O.Pt/c1-71(2,3)60-40-41-66(64(48-60)52-26-14-7-15-27-52)75-67-35-21-32-61(68(67)74-70(75)63-34-20-33-62(69(63)76)51-24-12-6-13-25-51)55-44-54(49-22-10-5-11-23-49)45-56(46-55)65-47-53(42-43-73-65)50-36-38-59(39-37-50)72(4,57-28-16-8-17-29-57)58-30-18-9-19-31-58;/h5-45,47-48,76H,1-4H3;/q-1;. The molecule has 1 N–H and O–H groups in total. The van der Waals surface area contributed by atoms with Gasteiger partial charge in [-0.25, -0.2) is 4.98 Å². The number of hydrogen-bond acceptors (Lipinski definition) is 3. The molecule has 0 aliphatic rings. The van der Waals surface area contributed by atoms with Crippen LogP contribution in [0, 0.1) is 6.07 Å². The fourth-order valence-corrected chi connectivity index (χ4v) is 10.8. The molecular formula is C72H56N3OPt-. The maximum absolute atomic E-state index is 12.4. The Hall–Kier alpha value is -8.69. The van der Waals surface area contributed by atoms with Crippen molar-refractivity contribution < 1.29 is 26.2 Å². The second-order valence-corrected chi connectivity index (χ2v) is 20.8. The molecule has 10 aromatic carbocycles. The Morgan fingerprint density at radius 1 is 0.403 bits per heavy atom. The van der Waals surface area contributed by atoms with Crippen LogP contribution in [-0.2, 0) is 31.9 Å². The van der Waals surface area contributed by atoms with E-state index < -0.39 is 0 Å². The molecule has 0 unspecified atom stereocenters. The Morgan fingerprint density at radius 2 is 0.909 bits per heavy atom. The third kappa shape index (κ3) is 9.67. The second-order valence-electron chi connectivity index (χ2n) is 20.8. The van der Waals surface area contributed by atoms with Gasteiger partial charge < -0.3 is 5.11 Å². The van der Waals surface area contributed by atoms with Gasteiger partial charge in [-0.1, -0.05) is 250 Å². The van der Waals surface area contributed by atoms with Crippen molar-refractivity contribution in [3.05, 3.63) is 289 Å². The first-order valence-corrected chi connectivity index (χ1v) is 26.0. The molecule has 2 heterocycles. The number of aromatic hydroxyl groups is 1. The summed E-state index contributed by atoms with van der Waals surface area (Å²) >= 11 is 0. The Morgan fingerprint density at radius 3 is 1.53 bits per heavy atom. The fourth-order valence-electron chi connectivity index (χ4n) is 10.8. The van der Waals surface area contributed by atoms with E-state index in [4.69, 9.17) is 9.97 Å². The van der Waals surface area contributed by atoms with E-state index in [2.05, 4.69) is 239 Å². The summed E-state index contributed by atoms with van der Waals surface area (Å²) in [6.07, 6.45) is 1.90. The van der Waals surface area contributed by atoms with Gasteiger partial charge in [0.15, 0.2) is 0 Å². The minimum Gasteiger partial charge on any atom is -0.507 e. The molecule has 376 valence electrons. The van der Waals surface area contributed by atoms with E-state index in [1.807, 2.05) is 60.8 Å². The number of aromatic nitrogens is 3. The first kappa shape index (κ1) is 50.5. The van der Waals surface area contributed by atoms with E-state index >= 15 is 0 Å². The Balaban J connectivity index is 0.00000631. The molecule has 0 atom stereocenters. The van der Waals surface area contributed by atoms with Gasteiger partial charge in [0.05, 0.1) is 22.3 Å². The maximum Gasteiger partial charge on any atom is 0.148 e. The number of nitrogens with zero attached hydrogens (tertiary/aromatic N) is 3. The SMILES string of the molecule is CC(C)(C)c1ccc(-n2c(-c3cccc(-c4ccccc4)c3O)nc3c(-c4[c-]c(-c5cc(-c6ccc(C(C)(c7ccccc7)c7ccccc7)cc6)ccn5)cc(-c5ccccc5)c4)cccc32)c(-c2ccccc2)c1.[Pt].